The second kappa shape index (κ2) is 6.23. The molecule has 1 aromatic carbocycles. The lowest BCUT2D eigenvalue weighted by Gasteiger charge is -2.09. The number of hydrogen-bond acceptors (Lipinski definition) is 2. The summed E-state index contributed by atoms with van der Waals surface area (Å²) in [5, 5.41) is 1.10. The lowest BCUT2D eigenvalue weighted by Crippen LogP contribution is -2.32. The van der Waals surface area contributed by atoms with E-state index in [1.807, 2.05) is 6.07 Å². The molecule has 0 aliphatic carbocycles. The van der Waals surface area contributed by atoms with Crippen molar-refractivity contribution in [2.45, 2.75) is 25.7 Å². The SMILES string of the molecule is CN(N)C(=O)CCCCc1cccc(F)c1. The van der Waals surface area contributed by atoms with Gasteiger partial charge in [0.25, 0.3) is 0 Å². The Kier molecular flexibility index (Phi) is 4.92. The quantitative estimate of drug-likeness (QED) is 0.359. The Morgan fingerprint density at radius 2 is 2.19 bits per heavy atom. The second-order valence-electron chi connectivity index (χ2n) is 3.84. The zero-order valence-corrected chi connectivity index (χ0v) is 9.45. The number of rotatable bonds is 5. The van der Waals surface area contributed by atoms with E-state index in [1.165, 1.54) is 19.2 Å². The fraction of sp³-hybridized carbons (Fsp3) is 0.417. The predicted molar refractivity (Wildman–Crippen MR) is 60.9 cm³/mol. The van der Waals surface area contributed by atoms with Gasteiger partial charge in [0, 0.05) is 13.5 Å². The molecule has 0 heterocycles. The van der Waals surface area contributed by atoms with Crippen LogP contribution in [0.15, 0.2) is 24.3 Å². The van der Waals surface area contributed by atoms with Gasteiger partial charge in [-0.3, -0.25) is 9.80 Å². The third-order valence-electron chi connectivity index (χ3n) is 2.39. The minimum atomic E-state index is -0.213. The maximum atomic E-state index is 12.8. The first-order valence-corrected chi connectivity index (χ1v) is 5.35. The first-order valence-electron chi connectivity index (χ1n) is 5.35. The van der Waals surface area contributed by atoms with Gasteiger partial charge in [-0.15, -0.1) is 0 Å². The number of amides is 1. The molecule has 0 fully saturated rings. The van der Waals surface area contributed by atoms with Gasteiger partial charge in [-0.2, -0.15) is 0 Å². The fourth-order valence-electron chi connectivity index (χ4n) is 1.47. The summed E-state index contributed by atoms with van der Waals surface area (Å²) in [6, 6.07) is 6.54. The molecule has 1 aromatic rings. The van der Waals surface area contributed by atoms with E-state index in [1.54, 1.807) is 6.07 Å². The Morgan fingerprint density at radius 1 is 1.44 bits per heavy atom. The summed E-state index contributed by atoms with van der Waals surface area (Å²) >= 11 is 0. The van der Waals surface area contributed by atoms with E-state index in [0.29, 0.717) is 6.42 Å². The third-order valence-corrected chi connectivity index (χ3v) is 2.39. The van der Waals surface area contributed by atoms with Crippen molar-refractivity contribution < 1.29 is 9.18 Å². The summed E-state index contributed by atoms with van der Waals surface area (Å²) in [5.74, 6) is 5.00. The lowest BCUT2D eigenvalue weighted by atomic mass is 10.1. The summed E-state index contributed by atoms with van der Waals surface area (Å²) in [4.78, 5) is 11.1. The number of aryl methyl sites for hydroxylation is 1. The summed E-state index contributed by atoms with van der Waals surface area (Å²) in [5.41, 5.74) is 0.966. The minimum absolute atomic E-state index is 0.0701. The number of unbranched alkanes of at least 4 members (excludes halogenated alkanes) is 1. The normalized spacial score (nSPS) is 10.2. The molecule has 0 radical (unpaired) electrons. The molecule has 0 saturated heterocycles. The largest absolute Gasteiger partial charge is 0.284 e. The summed E-state index contributed by atoms with van der Waals surface area (Å²) in [6.07, 6.45) is 2.88. The monoisotopic (exact) mass is 224 g/mol. The molecule has 16 heavy (non-hydrogen) atoms. The van der Waals surface area contributed by atoms with E-state index >= 15 is 0 Å². The highest BCUT2D eigenvalue weighted by Crippen LogP contribution is 2.08. The van der Waals surface area contributed by atoms with Crippen molar-refractivity contribution in [2.24, 2.45) is 5.84 Å². The summed E-state index contributed by atoms with van der Waals surface area (Å²) in [6.45, 7) is 0. The maximum absolute atomic E-state index is 12.8. The Hall–Kier alpha value is -1.42. The highest BCUT2D eigenvalue weighted by Gasteiger charge is 2.03. The van der Waals surface area contributed by atoms with Gasteiger partial charge in [0.05, 0.1) is 0 Å². The van der Waals surface area contributed by atoms with Crippen molar-refractivity contribution in [2.75, 3.05) is 7.05 Å². The van der Waals surface area contributed by atoms with Gasteiger partial charge in [0.2, 0.25) is 5.91 Å². The highest BCUT2D eigenvalue weighted by molar-refractivity contribution is 5.75. The van der Waals surface area contributed by atoms with Crippen LogP contribution in [-0.2, 0) is 11.2 Å². The van der Waals surface area contributed by atoms with Crippen LogP contribution in [0.1, 0.15) is 24.8 Å². The van der Waals surface area contributed by atoms with Crippen molar-refractivity contribution in [3.8, 4) is 0 Å². The van der Waals surface area contributed by atoms with Crippen LogP contribution in [0.5, 0.6) is 0 Å². The number of hydrogen-bond donors (Lipinski definition) is 1. The zero-order valence-electron chi connectivity index (χ0n) is 9.45. The van der Waals surface area contributed by atoms with Crippen LogP contribution in [0.4, 0.5) is 4.39 Å². The van der Waals surface area contributed by atoms with Crippen LogP contribution in [0.2, 0.25) is 0 Å². The molecule has 88 valence electrons. The minimum Gasteiger partial charge on any atom is -0.284 e. The van der Waals surface area contributed by atoms with Crippen molar-refractivity contribution >= 4 is 5.91 Å². The van der Waals surface area contributed by atoms with E-state index in [4.69, 9.17) is 5.84 Å². The molecule has 0 atom stereocenters. The maximum Gasteiger partial charge on any atom is 0.236 e. The molecule has 0 unspecified atom stereocenters. The molecule has 2 N–H and O–H groups in total. The lowest BCUT2D eigenvalue weighted by molar-refractivity contribution is -0.130. The summed E-state index contributed by atoms with van der Waals surface area (Å²) in [7, 11) is 1.54. The number of carbonyl (C=O) groups is 1. The van der Waals surface area contributed by atoms with Gasteiger partial charge in [-0.25, -0.2) is 10.2 Å². The molecular weight excluding hydrogens is 207 g/mol. The molecule has 0 bridgehead atoms. The Labute approximate surface area is 95.0 Å². The van der Waals surface area contributed by atoms with Gasteiger partial charge >= 0.3 is 0 Å². The molecule has 0 spiro atoms. The van der Waals surface area contributed by atoms with Gasteiger partial charge in [-0.1, -0.05) is 12.1 Å². The molecule has 1 rings (SSSR count). The first kappa shape index (κ1) is 12.6. The van der Waals surface area contributed by atoms with Gasteiger partial charge < -0.3 is 0 Å². The first-order chi connectivity index (χ1) is 7.59. The van der Waals surface area contributed by atoms with Crippen LogP contribution in [-0.4, -0.2) is 18.0 Å². The molecule has 3 nitrogen and oxygen atoms in total. The van der Waals surface area contributed by atoms with Crippen LogP contribution in [0.25, 0.3) is 0 Å². The molecule has 0 aliphatic heterocycles. The third kappa shape index (κ3) is 4.40. The Morgan fingerprint density at radius 3 is 2.81 bits per heavy atom. The average molecular weight is 224 g/mol. The van der Waals surface area contributed by atoms with E-state index < -0.39 is 0 Å². The van der Waals surface area contributed by atoms with E-state index in [-0.39, 0.29) is 11.7 Å². The molecule has 4 heteroatoms. The van der Waals surface area contributed by atoms with Crippen molar-refractivity contribution in [1.82, 2.24) is 5.01 Å². The van der Waals surface area contributed by atoms with Gasteiger partial charge in [0.15, 0.2) is 0 Å². The Balaban J connectivity index is 2.23. The van der Waals surface area contributed by atoms with E-state index in [2.05, 4.69) is 0 Å². The van der Waals surface area contributed by atoms with Gasteiger partial charge in [-0.05, 0) is 37.0 Å². The molecule has 0 saturated carbocycles. The smallest absolute Gasteiger partial charge is 0.236 e. The highest BCUT2D eigenvalue weighted by atomic mass is 19.1. The van der Waals surface area contributed by atoms with Crippen molar-refractivity contribution in [1.29, 1.82) is 0 Å². The molecule has 0 aliphatic rings. The predicted octanol–water partition coefficient (Wildman–Crippen LogP) is 1.87. The van der Waals surface area contributed by atoms with E-state index in [0.717, 1.165) is 29.8 Å². The fourth-order valence-corrected chi connectivity index (χ4v) is 1.47. The molecular formula is C12H17FN2O. The number of nitrogens with zero attached hydrogens (tertiary/aromatic N) is 1. The van der Waals surface area contributed by atoms with Crippen LogP contribution in [0.3, 0.4) is 0 Å². The van der Waals surface area contributed by atoms with Gasteiger partial charge in [0.1, 0.15) is 5.82 Å². The number of halogens is 1. The number of carbonyl (C=O) groups excluding carboxylic acids is 1. The van der Waals surface area contributed by atoms with E-state index in [9.17, 15) is 9.18 Å². The van der Waals surface area contributed by atoms with Crippen LogP contribution < -0.4 is 5.84 Å². The number of hydrazine groups is 1. The van der Waals surface area contributed by atoms with Crippen molar-refractivity contribution in [3.05, 3.63) is 35.6 Å². The van der Waals surface area contributed by atoms with Crippen molar-refractivity contribution in [3.63, 3.8) is 0 Å². The standard InChI is InChI=1S/C12H17FN2O/c1-15(14)12(16)8-3-2-5-10-6-4-7-11(13)9-10/h4,6-7,9H,2-3,5,8,14H2,1H3. The average Bonchev–Trinajstić information content (AvgIpc) is 2.24. The van der Waals surface area contributed by atoms with Crippen LogP contribution >= 0.6 is 0 Å². The number of nitrogens with two attached hydrogens (primary N) is 1. The van der Waals surface area contributed by atoms with Crippen LogP contribution in [0, 0.1) is 5.82 Å². The number of benzene rings is 1. The zero-order chi connectivity index (χ0) is 12.0. The molecule has 1 amide bonds. The topological polar surface area (TPSA) is 46.3 Å². The second-order valence-corrected chi connectivity index (χ2v) is 3.84. The summed E-state index contributed by atoms with van der Waals surface area (Å²) < 4.78 is 12.8. The molecule has 0 aromatic heterocycles. The Bertz CT molecular complexity index is 353.